The molecule has 3 aromatic heterocycles. The van der Waals surface area contributed by atoms with Crippen molar-refractivity contribution in [2.24, 2.45) is 5.92 Å². The van der Waals surface area contributed by atoms with Gasteiger partial charge in [-0.05, 0) is 49.4 Å². The predicted molar refractivity (Wildman–Crippen MR) is 127 cm³/mol. The minimum absolute atomic E-state index is 0.0819. The topological polar surface area (TPSA) is 115 Å². The third kappa shape index (κ3) is 4.72. The Hall–Kier alpha value is -2.79. The SMILES string of the molecule is O=C(CC1CCS(=O)(=O)C1)c1cnc(-c2ccc(NCC3(c4ncccc4F)CCC3)nn2)s1. The van der Waals surface area contributed by atoms with Crippen LogP contribution >= 0.6 is 11.3 Å². The van der Waals surface area contributed by atoms with Crippen molar-refractivity contribution in [2.45, 2.75) is 37.5 Å². The van der Waals surface area contributed by atoms with Gasteiger partial charge < -0.3 is 5.32 Å². The smallest absolute Gasteiger partial charge is 0.174 e. The number of pyridine rings is 1. The van der Waals surface area contributed by atoms with Crippen LogP contribution in [0.4, 0.5) is 10.2 Å². The Kier molecular flexibility index (Phi) is 6.15. The zero-order valence-corrected chi connectivity index (χ0v) is 20.0. The van der Waals surface area contributed by atoms with Gasteiger partial charge in [-0.15, -0.1) is 21.5 Å². The number of anilines is 1. The van der Waals surface area contributed by atoms with Gasteiger partial charge in [0.1, 0.15) is 22.3 Å². The first-order valence-electron chi connectivity index (χ1n) is 11.2. The molecule has 1 atom stereocenters. The lowest BCUT2D eigenvalue weighted by molar-refractivity contribution is 0.0969. The van der Waals surface area contributed by atoms with Gasteiger partial charge in [0.2, 0.25) is 0 Å². The molecule has 0 bridgehead atoms. The van der Waals surface area contributed by atoms with E-state index in [0.29, 0.717) is 40.1 Å². The first-order chi connectivity index (χ1) is 16.3. The number of ketones is 1. The molecular formula is C23H24FN5O3S2. The van der Waals surface area contributed by atoms with Crippen molar-refractivity contribution in [3.8, 4) is 10.7 Å². The number of hydrogen-bond acceptors (Lipinski definition) is 9. The Morgan fingerprint density at radius 1 is 1.21 bits per heavy atom. The number of carbonyl (C=O) groups excluding carboxylic acids is 1. The number of halogens is 1. The van der Waals surface area contributed by atoms with E-state index in [0.717, 1.165) is 19.3 Å². The summed E-state index contributed by atoms with van der Waals surface area (Å²) < 4.78 is 37.6. The van der Waals surface area contributed by atoms with E-state index in [1.54, 1.807) is 24.4 Å². The summed E-state index contributed by atoms with van der Waals surface area (Å²) in [5.41, 5.74) is 0.704. The molecule has 0 spiro atoms. The summed E-state index contributed by atoms with van der Waals surface area (Å²) >= 11 is 1.23. The van der Waals surface area contributed by atoms with Crippen molar-refractivity contribution in [3.63, 3.8) is 0 Å². The molecule has 1 saturated carbocycles. The van der Waals surface area contributed by atoms with Crippen LogP contribution in [-0.2, 0) is 15.3 Å². The lowest BCUT2D eigenvalue weighted by atomic mass is 9.66. The van der Waals surface area contributed by atoms with Crippen LogP contribution in [0.25, 0.3) is 10.7 Å². The van der Waals surface area contributed by atoms with Crippen molar-refractivity contribution < 1.29 is 17.6 Å². The van der Waals surface area contributed by atoms with E-state index in [1.807, 2.05) is 0 Å². The molecule has 0 amide bonds. The lowest BCUT2D eigenvalue weighted by Crippen LogP contribution is -2.42. The van der Waals surface area contributed by atoms with Crippen LogP contribution in [0.3, 0.4) is 0 Å². The van der Waals surface area contributed by atoms with Crippen molar-refractivity contribution in [1.82, 2.24) is 20.2 Å². The minimum atomic E-state index is -3.01. The van der Waals surface area contributed by atoms with Gasteiger partial charge in [0, 0.05) is 30.8 Å². The van der Waals surface area contributed by atoms with Crippen LogP contribution in [0.2, 0.25) is 0 Å². The zero-order valence-electron chi connectivity index (χ0n) is 18.4. The molecule has 1 N–H and O–H groups in total. The van der Waals surface area contributed by atoms with E-state index >= 15 is 0 Å². The van der Waals surface area contributed by atoms with Gasteiger partial charge >= 0.3 is 0 Å². The molecule has 1 aliphatic carbocycles. The fourth-order valence-corrected chi connectivity index (χ4v) is 7.29. The average molecular weight is 502 g/mol. The van der Waals surface area contributed by atoms with Crippen molar-refractivity contribution in [1.29, 1.82) is 0 Å². The average Bonchev–Trinajstić information content (AvgIpc) is 3.41. The highest BCUT2D eigenvalue weighted by Crippen LogP contribution is 2.43. The normalized spacial score (nSPS) is 20.6. The van der Waals surface area contributed by atoms with Crippen LogP contribution < -0.4 is 5.32 Å². The van der Waals surface area contributed by atoms with Gasteiger partial charge in [-0.2, -0.15) is 0 Å². The number of thiazole rings is 1. The van der Waals surface area contributed by atoms with Crippen molar-refractivity contribution >= 4 is 32.8 Å². The van der Waals surface area contributed by atoms with E-state index in [-0.39, 0.29) is 40.9 Å². The third-order valence-corrected chi connectivity index (χ3v) is 9.54. The molecule has 1 saturated heterocycles. The molecule has 8 nitrogen and oxygen atoms in total. The zero-order chi connectivity index (χ0) is 23.8. The quantitative estimate of drug-likeness (QED) is 0.465. The largest absolute Gasteiger partial charge is 0.368 e. The molecule has 2 fully saturated rings. The van der Waals surface area contributed by atoms with E-state index in [9.17, 15) is 17.6 Å². The Balaban J connectivity index is 1.21. The first-order valence-corrected chi connectivity index (χ1v) is 13.9. The lowest BCUT2D eigenvalue weighted by Gasteiger charge is -2.41. The number of aromatic nitrogens is 4. The highest BCUT2D eigenvalue weighted by Gasteiger charge is 2.41. The maximum atomic E-state index is 14.3. The standard InChI is InChI=1S/C23H24FN5O3S2/c24-16-3-1-9-25-21(16)23(7-2-8-23)14-27-20-5-4-17(28-29-20)22-26-12-19(33-22)18(30)11-15-6-10-34(31,32)13-15/h1,3-5,9,12,15H,2,6-8,10-11,13-14H2,(H,27,29). The summed E-state index contributed by atoms with van der Waals surface area (Å²) in [5.74, 6) is 0.318. The van der Waals surface area contributed by atoms with Crippen LogP contribution in [0, 0.1) is 11.7 Å². The second kappa shape index (κ2) is 9.10. The molecule has 11 heteroatoms. The maximum absolute atomic E-state index is 14.3. The van der Waals surface area contributed by atoms with E-state index < -0.39 is 9.84 Å². The molecule has 3 aromatic rings. The highest BCUT2D eigenvalue weighted by atomic mass is 32.2. The monoisotopic (exact) mass is 501 g/mol. The molecule has 34 heavy (non-hydrogen) atoms. The summed E-state index contributed by atoms with van der Waals surface area (Å²) in [7, 11) is -3.01. The molecular weight excluding hydrogens is 477 g/mol. The second-order valence-corrected chi connectivity index (χ2v) is 12.3. The van der Waals surface area contributed by atoms with Gasteiger partial charge in [-0.1, -0.05) is 6.42 Å². The third-order valence-electron chi connectivity index (χ3n) is 6.64. The summed E-state index contributed by atoms with van der Waals surface area (Å²) in [5, 5.41) is 12.3. The maximum Gasteiger partial charge on any atom is 0.174 e. The number of nitrogens with one attached hydrogen (secondary N) is 1. The van der Waals surface area contributed by atoms with Crippen LogP contribution in [0.15, 0.2) is 36.7 Å². The molecule has 5 rings (SSSR count). The predicted octanol–water partition coefficient (Wildman–Crippen LogP) is 3.68. The van der Waals surface area contributed by atoms with Gasteiger partial charge in [-0.3, -0.25) is 9.78 Å². The van der Waals surface area contributed by atoms with Gasteiger partial charge in [-0.25, -0.2) is 17.8 Å². The molecule has 178 valence electrons. The Labute approximate surface area is 201 Å². The number of sulfone groups is 1. The number of hydrogen-bond donors (Lipinski definition) is 1. The first kappa shape index (κ1) is 23.0. The molecule has 1 aliphatic heterocycles. The Bertz CT molecular complexity index is 1310. The highest BCUT2D eigenvalue weighted by molar-refractivity contribution is 7.91. The van der Waals surface area contributed by atoms with E-state index in [1.165, 1.54) is 23.6 Å². The van der Waals surface area contributed by atoms with Crippen molar-refractivity contribution in [2.75, 3.05) is 23.4 Å². The van der Waals surface area contributed by atoms with Gasteiger partial charge in [0.15, 0.2) is 15.6 Å². The number of nitrogens with zero attached hydrogens (tertiary/aromatic N) is 4. The van der Waals surface area contributed by atoms with Gasteiger partial charge in [0.05, 0.1) is 22.1 Å². The van der Waals surface area contributed by atoms with E-state index in [4.69, 9.17) is 0 Å². The molecule has 2 aliphatic rings. The Morgan fingerprint density at radius 3 is 2.71 bits per heavy atom. The molecule has 0 radical (unpaired) electrons. The molecule has 4 heterocycles. The summed E-state index contributed by atoms with van der Waals surface area (Å²) in [4.78, 5) is 21.6. The summed E-state index contributed by atoms with van der Waals surface area (Å²) in [6, 6.07) is 6.61. The second-order valence-electron chi connectivity index (χ2n) is 9.05. The minimum Gasteiger partial charge on any atom is -0.368 e. The number of Topliss-reactive ketones (excluding diaryl/α,β-unsaturated/α-hetero) is 1. The van der Waals surface area contributed by atoms with Crippen LogP contribution in [0.1, 0.15) is 47.5 Å². The number of rotatable bonds is 8. The van der Waals surface area contributed by atoms with Crippen LogP contribution in [0.5, 0.6) is 0 Å². The number of carbonyl (C=O) groups is 1. The fraction of sp³-hybridized carbons (Fsp3) is 0.435. The Morgan fingerprint density at radius 2 is 2.06 bits per heavy atom. The summed E-state index contributed by atoms with van der Waals surface area (Å²) in [6.07, 6.45) is 6.65. The van der Waals surface area contributed by atoms with Crippen molar-refractivity contribution in [3.05, 3.63) is 53.0 Å². The van der Waals surface area contributed by atoms with E-state index in [2.05, 4.69) is 25.5 Å². The molecule has 1 unspecified atom stereocenters. The summed E-state index contributed by atoms with van der Waals surface area (Å²) in [6.45, 7) is 0.516. The fourth-order valence-electron chi connectivity index (χ4n) is 4.59. The van der Waals surface area contributed by atoms with Crippen LogP contribution in [-0.4, -0.2) is 52.4 Å². The molecule has 0 aromatic carbocycles. The van der Waals surface area contributed by atoms with Gasteiger partial charge in [0.25, 0.3) is 0 Å².